The molecule has 0 bridgehead atoms. The number of fused-ring (bicyclic) bond motifs is 1. The molecule has 1 aromatic rings. The van der Waals surface area contributed by atoms with Crippen molar-refractivity contribution < 1.29 is 0 Å². The number of hydrogen-bond donors (Lipinski definition) is 1. The number of benzene rings is 1. The van der Waals surface area contributed by atoms with Crippen LogP contribution in [0.25, 0.3) is 0 Å². The summed E-state index contributed by atoms with van der Waals surface area (Å²) in [6.45, 7) is 6.31. The van der Waals surface area contributed by atoms with Crippen molar-refractivity contribution in [3.63, 3.8) is 0 Å². The quantitative estimate of drug-likeness (QED) is 0.781. The first kappa shape index (κ1) is 11.1. The molecule has 0 aromatic heterocycles. The highest BCUT2D eigenvalue weighted by atomic mass is 15.1. The normalized spacial score (nSPS) is 13.6. The average Bonchev–Trinajstić information content (AvgIpc) is 2.60. The first-order valence-electron chi connectivity index (χ1n) is 5.88. The largest absolute Gasteiger partial charge is 0.382 e. The zero-order chi connectivity index (χ0) is 11.5. The number of anilines is 2. The Morgan fingerprint density at radius 1 is 1.44 bits per heavy atom. The molecule has 16 heavy (non-hydrogen) atoms. The Morgan fingerprint density at radius 2 is 2.25 bits per heavy atom. The molecule has 2 nitrogen and oxygen atoms in total. The molecule has 0 unspecified atom stereocenters. The van der Waals surface area contributed by atoms with Crippen LogP contribution >= 0.6 is 0 Å². The van der Waals surface area contributed by atoms with Crippen molar-refractivity contribution in [2.45, 2.75) is 20.3 Å². The van der Waals surface area contributed by atoms with Crippen LogP contribution in [0, 0.1) is 0 Å². The summed E-state index contributed by atoms with van der Waals surface area (Å²) in [5.74, 6) is 0. The second kappa shape index (κ2) is 4.60. The van der Waals surface area contributed by atoms with Crippen molar-refractivity contribution in [2.24, 2.45) is 0 Å². The number of rotatable bonds is 3. The first-order valence-corrected chi connectivity index (χ1v) is 5.88. The Labute approximate surface area is 98.0 Å². The van der Waals surface area contributed by atoms with Crippen LogP contribution in [0.15, 0.2) is 29.8 Å². The lowest BCUT2D eigenvalue weighted by Crippen LogP contribution is -2.12. The van der Waals surface area contributed by atoms with Crippen LogP contribution in [-0.2, 0) is 6.42 Å². The van der Waals surface area contributed by atoms with E-state index in [-0.39, 0.29) is 0 Å². The summed E-state index contributed by atoms with van der Waals surface area (Å²) >= 11 is 0. The minimum absolute atomic E-state index is 0.914. The average molecular weight is 216 g/mol. The van der Waals surface area contributed by atoms with E-state index in [9.17, 15) is 0 Å². The molecule has 1 aliphatic rings. The van der Waals surface area contributed by atoms with E-state index in [1.54, 1.807) is 0 Å². The molecule has 1 heterocycles. The number of nitrogens with one attached hydrogen (secondary N) is 1. The van der Waals surface area contributed by atoms with Gasteiger partial charge < -0.3 is 10.2 Å². The van der Waals surface area contributed by atoms with E-state index >= 15 is 0 Å². The lowest BCUT2D eigenvalue weighted by atomic mass is 10.1. The molecule has 1 aromatic carbocycles. The third-order valence-electron chi connectivity index (χ3n) is 3.02. The van der Waals surface area contributed by atoms with E-state index in [2.05, 4.69) is 55.4 Å². The summed E-state index contributed by atoms with van der Waals surface area (Å²) in [6.07, 6.45) is 3.38. The summed E-state index contributed by atoms with van der Waals surface area (Å²) < 4.78 is 0. The van der Waals surface area contributed by atoms with Crippen LogP contribution in [0.5, 0.6) is 0 Å². The maximum Gasteiger partial charge on any atom is 0.0398 e. The van der Waals surface area contributed by atoms with E-state index in [4.69, 9.17) is 0 Å². The fourth-order valence-electron chi connectivity index (χ4n) is 2.05. The summed E-state index contributed by atoms with van der Waals surface area (Å²) in [5.41, 5.74) is 5.43. The molecule has 2 heteroatoms. The number of nitrogens with zero attached hydrogens (tertiary/aromatic N) is 1. The molecule has 0 aliphatic carbocycles. The maximum atomic E-state index is 3.43. The van der Waals surface area contributed by atoms with Crippen molar-refractivity contribution in [3.05, 3.63) is 35.4 Å². The van der Waals surface area contributed by atoms with Gasteiger partial charge in [0.05, 0.1) is 0 Å². The first-order chi connectivity index (χ1) is 7.66. The van der Waals surface area contributed by atoms with Gasteiger partial charge in [-0.15, -0.1) is 0 Å². The third kappa shape index (κ3) is 2.38. The monoisotopic (exact) mass is 216 g/mol. The van der Waals surface area contributed by atoms with Gasteiger partial charge in [0.2, 0.25) is 0 Å². The Morgan fingerprint density at radius 3 is 3.00 bits per heavy atom. The number of allylic oxidation sites excluding steroid dienone is 1. The van der Waals surface area contributed by atoms with Gasteiger partial charge in [-0.2, -0.15) is 0 Å². The Hall–Kier alpha value is -1.44. The molecule has 0 atom stereocenters. The van der Waals surface area contributed by atoms with Crippen LogP contribution in [-0.4, -0.2) is 20.1 Å². The highest BCUT2D eigenvalue weighted by molar-refractivity contribution is 5.63. The lowest BCUT2D eigenvalue weighted by Gasteiger charge is -2.12. The minimum atomic E-state index is 0.914. The van der Waals surface area contributed by atoms with Gasteiger partial charge in [-0.05, 0) is 44.0 Å². The SMILES string of the molecule is CC(C)=CCNc1ccc2c(c1)CCN2C. The smallest absolute Gasteiger partial charge is 0.0398 e. The topological polar surface area (TPSA) is 15.3 Å². The molecule has 1 aliphatic heterocycles. The summed E-state index contributed by atoms with van der Waals surface area (Å²) in [5, 5.41) is 3.43. The van der Waals surface area contributed by atoms with E-state index < -0.39 is 0 Å². The van der Waals surface area contributed by atoms with Gasteiger partial charge in [0.15, 0.2) is 0 Å². The van der Waals surface area contributed by atoms with Crippen molar-refractivity contribution >= 4 is 11.4 Å². The van der Waals surface area contributed by atoms with Gasteiger partial charge in [0, 0.05) is 31.5 Å². The van der Waals surface area contributed by atoms with E-state index in [1.165, 1.54) is 28.9 Å². The zero-order valence-electron chi connectivity index (χ0n) is 10.4. The van der Waals surface area contributed by atoms with E-state index in [0.717, 1.165) is 13.1 Å². The van der Waals surface area contributed by atoms with Crippen molar-refractivity contribution in [1.82, 2.24) is 0 Å². The standard InChI is InChI=1S/C14H20N2/c1-11(2)6-8-15-13-4-5-14-12(10-13)7-9-16(14)3/h4-6,10,15H,7-9H2,1-3H3. The number of likely N-dealkylation sites (N-methyl/N-ethyl adjacent to an activating group) is 1. The predicted octanol–water partition coefficient (Wildman–Crippen LogP) is 3.06. The van der Waals surface area contributed by atoms with Crippen molar-refractivity contribution in [2.75, 3.05) is 30.4 Å². The summed E-state index contributed by atoms with van der Waals surface area (Å²) in [6, 6.07) is 6.66. The van der Waals surface area contributed by atoms with Gasteiger partial charge in [0.25, 0.3) is 0 Å². The lowest BCUT2D eigenvalue weighted by molar-refractivity contribution is 0.956. The molecular weight excluding hydrogens is 196 g/mol. The molecule has 0 spiro atoms. The zero-order valence-corrected chi connectivity index (χ0v) is 10.4. The maximum absolute atomic E-state index is 3.43. The van der Waals surface area contributed by atoms with Crippen LogP contribution in [0.2, 0.25) is 0 Å². The predicted molar refractivity (Wildman–Crippen MR) is 71.3 cm³/mol. The van der Waals surface area contributed by atoms with Crippen LogP contribution < -0.4 is 10.2 Å². The molecule has 1 N–H and O–H groups in total. The van der Waals surface area contributed by atoms with Crippen molar-refractivity contribution in [3.8, 4) is 0 Å². The van der Waals surface area contributed by atoms with Crippen LogP contribution in [0.1, 0.15) is 19.4 Å². The second-order valence-electron chi connectivity index (χ2n) is 4.68. The molecule has 0 fully saturated rings. The molecule has 0 saturated heterocycles. The highest BCUT2D eigenvalue weighted by Crippen LogP contribution is 2.28. The molecule has 0 saturated carbocycles. The second-order valence-corrected chi connectivity index (χ2v) is 4.68. The van der Waals surface area contributed by atoms with Crippen molar-refractivity contribution in [1.29, 1.82) is 0 Å². The molecular formula is C14H20N2. The van der Waals surface area contributed by atoms with E-state index in [0.29, 0.717) is 0 Å². The van der Waals surface area contributed by atoms with Gasteiger partial charge in [-0.25, -0.2) is 0 Å². The Kier molecular flexibility index (Phi) is 3.18. The Balaban J connectivity index is 2.05. The molecule has 0 radical (unpaired) electrons. The molecule has 0 amide bonds. The summed E-state index contributed by atoms with van der Waals surface area (Å²) in [4.78, 5) is 2.31. The fraction of sp³-hybridized carbons (Fsp3) is 0.429. The Bertz CT molecular complexity index is 403. The van der Waals surface area contributed by atoms with Gasteiger partial charge in [-0.3, -0.25) is 0 Å². The van der Waals surface area contributed by atoms with Gasteiger partial charge in [-0.1, -0.05) is 11.6 Å². The minimum Gasteiger partial charge on any atom is -0.382 e. The fourth-order valence-corrected chi connectivity index (χ4v) is 2.05. The number of hydrogen-bond acceptors (Lipinski definition) is 2. The van der Waals surface area contributed by atoms with Crippen LogP contribution in [0.4, 0.5) is 11.4 Å². The van der Waals surface area contributed by atoms with Gasteiger partial charge >= 0.3 is 0 Å². The molecule has 86 valence electrons. The highest BCUT2D eigenvalue weighted by Gasteiger charge is 2.14. The van der Waals surface area contributed by atoms with Gasteiger partial charge in [0.1, 0.15) is 0 Å². The molecule has 2 rings (SSSR count). The summed E-state index contributed by atoms with van der Waals surface area (Å²) in [7, 11) is 2.15. The van der Waals surface area contributed by atoms with Crippen LogP contribution in [0.3, 0.4) is 0 Å². The van der Waals surface area contributed by atoms with E-state index in [1.807, 2.05) is 0 Å². The third-order valence-corrected chi connectivity index (χ3v) is 3.02.